The lowest BCUT2D eigenvalue weighted by molar-refractivity contribution is 0.101. The molecule has 5 heteroatoms. The second-order valence-corrected chi connectivity index (χ2v) is 5.33. The lowest BCUT2D eigenvalue weighted by Crippen LogP contribution is -1.99. The van der Waals surface area contributed by atoms with Gasteiger partial charge in [0.05, 0.1) is 10.5 Å². The first kappa shape index (κ1) is 12.7. The fraction of sp³-hybridized carbons (Fsp3) is 0.0769. The Hall–Kier alpha value is -1.77. The van der Waals surface area contributed by atoms with Crippen LogP contribution in [-0.4, -0.2) is 12.0 Å². The van der Waals surface area contributed by atoms with Gasteiger partial charge in [0.1, 0.15) is 11.6 Å². The van der Waals surface area contributed by atoms with Crippen LogP contribution in [0.5, 0.6) is 0 Å². The van der Waals surface area contributed by atoms with E-state index in [0.717, 1.165) is 9.77 Å². The predicted molar refractivity (Wildman–Crippen MR) is 72.7 cm³/mol. The fourth-order valence-corrected chi connectivity index (χ4v) is 2.94. The molecule has 2 aromatic rings. The lowest BCUT2D eigenvalue weighted by atomic mass is 10.1. The molecule has 0 aliphatic carbocycles. The zero-order valence-electron chi connectivity index (χ0n) is 9.54. The summed E-state index contributed by atoms with van der Waals surface area (Å²) in [7, 11) is 0. The lowest BCUT2D eigenvalue weighted by Gasteiger charge is -1.96. The number of furan rings is 1. The van der Waals surface area contributed by atoms with Crippen molar-refractivity contribution in [2.45, 2.75) is 4.21 Å². The molecule has 0 radical (unpaired) electrons. The molecule has 2 rings (SSSR count). The van der Waals surface area contributed by atoms with Gasteiger partial charge in [0.25, 0.3) is 0 Å². The van der Waals surface area contributed by atoms with Crippen LogP contribution in [-0.2, 0) is 0 Å². The maximum atomic E-state index is 12.0. The summed E-state index contributed by atoms with van der Waals surface area (Å²) >= 11 is 3.18. The van der Waals surface area contributed by atoms with E-state index < -0.39 is 0 Å². The van der Waals surface area contributed by atoms with Crippen LogP contribution >= 0.6 is 23.1 Å². The van der Waals surface area contributed by atoms with Gasteiger partial charge >= 0.3 is 0 Å². The van der Waals surface area contributed by atoms with Gasteiger partial charge < -0.3 is 4.42 Å². The van der Waals surface area contributed by atoms with Crippen LogP contribution in [0.4, 0.5) is 0 Å². The maximum Gasteiger partial charge on any atom is 0.238 e. The van der Waals surface area contributed by atoms with E-state index in [9.17, 15) is 4.79 Å². The number of Topliss-reactive ketones (excluding diaryl/α,β-unsaturated/α-hetero) is 1. The molecule has 0 atom stereocenters. The summed E-state index contributed by atoms with van der Waals surface area (Å²) in [6.07, 6.45) is 4.98. The molecule has 0 spiro atoms. The first-order valence-corrected chi connectivity index (χ1v) is 7.18. The molecule has 0 saturated carbocycles. The molecule has 2 heterocycles. The van der Waals surface area contributed by atoms with Gasteiger partial charge in [-0.3, -0.25) is 4.79 Å². The van der Waals surface area contributed by atoms with Gasteiger partial charge in [-0.1, -0.05) is 0 Å². The quantitative estimate of drug-likeness (QED) is 0.368. The molecule has 3 nitrogen and oxygen atoms in total. The van der Waals surface area contributed by atoms with E-state index in [1.807, 2.05) is 23.8 Å². The van der Waals surface area contributed by atoms with E-state index in [1.54, 1.807) is 41.3 Å². The third-order valence-corrected chi connectivity index (χ3v) is 4.37. The van der Waals surface area contributed by atoms with Crippen LogP contribution in [0.15, 0.2) is 44.0 Å². The van der Waals surface area contributed by atoms with Gasteiger partial charge in [-0.15, -0.1) is 23.1 Å². The first-order chi connectivity index (χ1) is 8.76. The van der Waals surface area contributed by atoms with Gasteiger partial charge in [0, 0.05) is 5.56 Å². The summed E-state index contributed by atoms with van der Waals surface area (Å²) in [6, 6.07) is 7.00. The molecule has 90 valence electrons. The number of hydrogen-bond acceptors (Lipinski definition) is 5. The van der Waals surface area contributed by atoms with E-state index in [4.69, 9.17) is 9.68 Å². The van der Waals surface area contributed by atoms with Crippen LogP contribution in [0, 0.1) is 11.3 Å². The summed E-state index contributed by atoms with van der Waals surface area (Å²) in [5.41, 5.74) is 0.975. The highest BCUT2D eigenvalue weighted by atomic mass is 32.2. The third-order valence-electron chi connectivity index (χ3n) is 2.25. The van der Waals surface area contributed by atoms with Crippen molar-refractivity contribution in [1.82, 2.24) is 0 Å². The Bertz CT molecular complexity index is 618. The Morgan fingerprint density at radius 1 is 1.56 bits per heavy atom. The molecular weight excluding hydrogens is 266 g/mol. The average Bonchev–Trinajstić information content (AvgIpc) is 3.05. The summed E-state index contributed by atoms with van der Waals surface area (Å²) in [6.45, 7) is 0. The second-order valence-electron chi connectivity index (χ2n) is 3.34. The number of allylic oxidation sites excluding steroid dienone is 1. The predicted octanol–water partition coefficient (Wildman–Crippen LogP) is 3.85. The first-order valence-electron chi connectivity index (χ1n) is 5.07. The monoisotopic (exact) mass is 275 g/mol. The van der Waals surface area contributed by atoms with Crippen LogP contribution in [0.3, 0.4) is 0 Å². The minimum Gasteiger partial charge on any atom is -0.461 e. The SMILES string of the molecule is CSc1sccc1/C=C(/C#N)C(=O)c1ccco1. The van der Waals surface area contributed by atoms with Crippen molar-refractivity contribution in [3.63, 3.8) is 0 Å². The van der Waals surface area contributed by atoms with Crippen molar-refractivity contribution in [3.05, 3.63) is 46.7 Å². The zero-order chi connectivity index (χ0) is 13.0. The number of carbonyl (C=O) groups is 1. The molecule has 0 aliphatic rings. The van der Waals surface area contributed by atoms with Gasteiger partial charge in [0.2, 0.25) is 5.78 Å². The van der Waals surface area contributed by atoms with E-state index in [1.165, 1.54) is 6.26 Å². The van der Waals surface area contributed by atoms with Crippen molar-refractivity contribution >= 4 is 35.0 Å². The minimum absolute atomic E-state index is 0.0821. The van der Waals surface area contributed by atoms with Crippen LogP contribution in [0.25, 0.3) is 6.08 Å². The fourth-order valence-electron chi connectivity index (χ4n) is 1.42. The number of rotatable bonds is 4. The molecule has 0 amide bonds. The molecule has 0 fully saturated rings. The van der Waals surface area contributed by atoms with Gasteiger partial charge in [-0.2, -0.15) is 5.26 Å². The second kappa shape index (κ2) is 5.71. The largest absolute Gasteiger partial charge is 0.461 e. The van der Waals surface area contributed by atoms with Crippen molar-refractivity contribution in [1.29, 1.82) is 5.26 Å². The molecule has 0 aliphatic heterocycles. The summed E-state index contributed by atoms with van der Waals surface area (Å²) in [5.74, 6) is -0.204. The molecular formula is C13H9NO2S2. The van der Waals surface area contributed by atoms with Crippen molar-refractivity contribution in [2.75, 3.05) is 6.26 Å². The van der Waals surface area contributed by atoms with Crippen LogP contribution in [0.1, 0.15) is 16.1 Å². The maximum absolute atomic E-state index is 12.0. The van der Waals surface area contributed by atoms with E-state index in [0.29, 0.717) is 0 Å². The van der Waals surface area contributed by atoms with Crippen molar-refractivity contribution in [2.24, 2.45) is 0 Å². The highest BCUT2D eigenvalue weighted by Crippen LogP contribution is 2.28. The molecule has 0 bridgehead atoms. The normalized spacial score (nSPS) is 11.2. The Labute approximate surface area is 113 Å². The Morgan fingerprint density at radius 3 is 3.00 bits per heavy atom. The van der Waals surface area contributed by atoms with E-state index >= 15 is 0 Å². The van der Waals surface area contributed by atoms with Crippen molar-refractivity contribution in [3.8, 4) is 6.07 Å². The molecule has 0 aromatic carbocycles. The third kappa shape index (κ3) is 2.55. The summed E-state index contributed by atoms with van der Waals surface area (Å²) in [5, 5.41) is 11.0. The minimum atomic E-state index is -0.388. The van der Waals surface area contributed by atoms with Crippen LogP contribution < -0.4 is 0 Å². The average molecular weight is 275 g/mol. The van der Waals surface area contributed by atoms with E-state index in [2.05, 4.69) is 0 Å². The van der Waals surface area contributed by atoms with E-state index in [-0.39, 0.29) is 17.1 Å². The molecule has 0 saturated heterocycles. The Balaban J connectivity index is 2.35. The molecule has 0 N–H and O–H groups in total. The molecule has 18 heavy (non-hydrogen) atoms. The summed E-state index contributed by atoms with van der Waals surface area (Å²) in [4.78, 5) is 12.0. The number of nitrogens with zero attached hydrogens (tertiary/aromatic N) is 1. The Kier molecular flexibility index (Phi) is 4.03. The standard InChI is InChI=1S/C13H9NO2S2/c1-17-13-9(4-6-18-13)7-10(8-14)12(15)11-3-2-5-16-11/h2-7H,1H3/b10-7-. The number of hydrogen-bond donors (Lipinski definition) is 0. The smallest absolute Gasteiger partial charge is 0.238 e. The zero-order valence-corrected chi connectivity index (χ0v) is 11.2. The topological polar surface area (TPSA) is 54.0 Å². The highest BCUT2D eigenvalue weighted by molar-refractivity contribution is 8.00. The molecule has 0 unspecified atom stereocenters. The summed E-state index contributed by atoms with van der Waals surface area (Å²) < 4.78 is 6.09. The molecule has 2 aromatic heterocycles. The van der Waals surface area contributed by atoms with Crippen molar-refractivity contribution < 1.29 is 9.21 Å². The number of thiophene rings is 1. The van der Waals surface area contributed by atoms with Gasteiger partial charge in [0.15, 0.2) is 5.76 Å². The Morgan fingerprint density at radius 2 is 2.39 bits per heavy atom. The number of nitriles is 1. The number of ketones is 1. The number of thioether (sulfide) groups is 1. The van der Waals surface area contributed by atoms with Gasteiger partial charge in [-0.05, 0) is 35.9 Å². The number of carbonyl (C=O) groups excluding carboxylic acids is 1. The van der Waals surface area contributed by atoms with Crippen LogP contribution in [0.2, 0.25) is 0 Å². The highest BCUT2D eigenvalue weighted by Gasteiger charge is 2.15. The van der Waals surface area contributed by atoms with Gasteiger partial charge in [-0.25, -0.2) is 0 Å².